The highest BCUT2D eigenvalue weighted by atomic mass is 16.5. The Bertz CT molecular complexity index is 926. The first-order valence-electron chi connectivity index (χ1n) is 10.8. The van der Waals surface area contributed by atoms with E-state index >= 15 is 0 Å². The molecule has 5 rings (SSSR count). The maximum Gasteiger partial charge on any atom is 0.339 e. The largest absolute Gasteiger partial charge is 0.465 e. The molecular formula is C24H27N3O3. The fraction of sp³-hybridized carbons (Fsp3) is 0.458. The number of methoxy groups -OCH3 is 1. The number of rotatable bonds is 4. The van der Waals surface area contributed by atoms with Crippen LogP contribution in [0.1, 0.15) is 41.2 Å². The van der Waals surface area contributed by atoms with E-state index in [1.165, 1.54) is 19.1 Å². The molecule has 2 aromatic rings. The number of carbonyl (C=O) groups excluding carboxylic acids is 2. The van der Waals surface area contributed by atoms with Gasteiger partial charge in [0, 0.05) is 43.6 Å². The molecule has 1 saturated carbocycles. The number of likely N-dealkylation sites (tertiary alicyclic amines) is 1. The number of nitrogens with zero attached hydrogens (tertiary/aromatic N) is 3. The Morgan fingerprint density at radius 1 is 1.03 bits per heavy atom. The van der Waals surface area contributed by atoms with Crippen LogP contribution in [0.3, 0.4) is 0 Å². The minimum absolute atomic E-state index is 0.128. The van der Waals surface area contributed by atoms with Crippen LogP contribution in [0.4, 0.5) is 5.82 Å². The van der Waals surface area contributed by atoms with E-state index in [4.69, 9.17) is 4.74 Å². The highest BCUT2D eigenvalue weighted by molar-refractivity contribution is 5.89. The Balaban J connectivity index is 1.38. The standard InChI is InChI=1S/C24H27N3O3/c1-30-24(29)18-10-11-21(25-12-18)26-13-19-14-27(23(28)17-8-5-9-17)22(20(19)15-26)16-6-3-2-4-7-16/h2-4,6-7,10-12,17,19-20,22H,5,8-9,13-15H2,1H3/t19-,20-,22+/m0/s1. The lowest BCUT2D eigenvalue weighted by atomic mass is 9.83. The van der Waals surface area contributed by atoms with Gasteiger partial charge in [0.15, 0.2) is 0 Å². The van der Waals surface area contributed by atoms with Crippen molar-refractivity contribution in [1.82, 2.24) is 9.88 Å². The fourth-order valence-corrected chi connectivity index (χ4v) is 5.24. The molecule has 1 aromatic heterocycles. The summed E-state index contributed by atoms with van der Waals surface area (Å²) in [7, 11) is 1.37. The molecule has 3 atom stereocenters. The van der Waals surface area contributed by atoms with E-state index in [2.05, 4.69) is 39.0 Å². The van der Waals surface area contributed by atoms with Crippen molar-refractivity contribution in [3.8, 4) is 0 Å². The van der Waals surface area contributed by atoms with Crippen LogP contribution in [0.5, 0.6) is 0 Å². The van der Waals surface area contributed by atoms with E-state index in [0.717, 1.165) is 38.3 Å². The zero-order chi connectivity index (χ0) is 20.7. The van der Waals surface area contributed by atoms with Crippen LogP contribution in [0.15, 0.2) is 48.7 Å². The molecule has 3 fully saturated rings. The molecule has 156 valence electrons. The molecule has 0 unspecified atom stereocenters. The number of ether oxygens (including phenoxy) is 1. The Labute approximate surface area is 176 Å². The second-order valence-corrected chi connectivity index (χ2v) is 8.70. The van der Waals surface area contributed by atoms with Crippen molar-refractivity contribution in [2.45, 2.75) is 25.3 Å². The molecule has 0 radical (unpaired) electrons. The van der Waals surface area contributed by atoms with Gasteiger partial charge in [0.2, 0.25) is 5.91 Å². The molecule has 6 heteroatoms. The molecule has 2 saturated heterocycles. The number of fused-ring (bicyclic) bond motifs is 1. The van der Waals surface area contributed by atoms with E-state index in [9.17, 15) is 9.59 Å². The number of carbonyl (C=O) groups is 2. The number of anilines is 1. The van der Waals surface area contributed by atoms with Crippen molar-refractivity contribution in [3.05, 3.63) is 59.8 Å². The molecule has 3 heterocycles. The fourth-order valence-electron chi connectivity index (χ4n) is 5.24. The quantitative estimate of drug-likeness (QED) is 0.731. The van der Waals surface area contributed by atoms with E-state index in [1.807, 2.05) is 12.1 Å². The van der Waals surface area contributed by atoms with Crippen LogP contribution < -0.4 is 4.90 Å². The molecule has 2 aliphatic heterocycles. The van der Waals surface area contributed by atoms with Crippen LogP contribution >= 0.6 is 0 Å². The van der Waals surface area contributed by atoms with Gasteiger partial charge >= 0.3 is 5.97 Å². The second kappa shape index (κ2) is 7.74. The van der Waals surface area contributed by atoms with E-state index < -0.39 is 0 Å². The average Bonchev–Trinajstić information content (AvgIpc) is 3.30. The molecular weight excluding hydrogens is 378 g/mol. The minimum Gasteiger partial charge on any atom is -0.465 e. The molecule has 0 N–H and O–H groups in total. The van der Waals surface area contributed by atoms with Gasteiger partial charge in [0.1, 0.15) is 5.82 Å². The van der Waals surface area contributed by atoms with Crippen LogP contribution in [0.25, 0.3) is 0 Å². The van der Waals surface area contributed by atoms with Crippen LogP contribution in [0, 0.1) is 17.8 Å². The molecule has 1 aromatic carbocycles. The van der Waals surface area contributed by atoms with Crippen molar-refractivity contribution < 1.29 is 14.3 Å². The van der Waals surface area contributed by atoms with Crippen molar-refractivity contribution >= 4 is 17.7 Å². The third kappa shape index (κ3) is 3.24. The lowest BCUT2D eigenvalue weighted by molar-refractivity contribution is -0.139. The third-order valence-electron chi connectivity index (χ3n) is 7.04. The molecule has 3 aliphatic rings. The third-order valence-corrected chi connectivity index (χ3v) is 7.04. The van der Waals surface area contributed by atoms with Gasteiger partial charge in [-0.2, -0.15) is 0 Å². The first kappa shape index (κ1) is 19.1. The first-order chi connectivity index (χ1) is 14.7. The van der Waals surface area contributed by atoms with Gasteiger partial charge in [-0.15, -0.1) is 0 Å². The second-order valence-electron chi connectivity index (χ2n) is 8.70. The SMILES string of the molecule is COC(=O)c1ccc(N2C[C@H]3CN(C(=O)C4CCC4)[C@H](c4ccccc4)[C@H]3C2)nc1. The van der Waals surface area contributed by atoms with E-state index in [0.29, 0.717) is 23.3 Å². The van der Waals surface area contributed by atoms with Gasteiger partial charge in [-0.25, -0.2) is 9.78 Å². The Hall–Kier alpha value is -2.89. The molecule has 1 amide bonds. The summed E-state index contributed by atoms with van der Waals surface area (Å²) in [5, 5.41) is 0. The predicted molar refractivity (Wildman–Crippen MR) is 113 cm³/mol. The number of hydrogen-bond donors (Lipinski definition) is 0. The highest BCUT2D eigenvalue weighted by Gasteiger charge is 2.50. The molecule has 0 bridgehead atoms. The predicted octanol–water partition coefficient (Wildman–Crippen LogP) is 3.30. The Morgan fingerprint density at radius 3 is 2.47 bits per heavy atom. The summed E-state index contributed by atoms with van der Waals surface area (Å²) < 4.78 is 4.76. The van der Waals surface area contributed by atoms with Crippen molar-refractivity contribution in [1.29, 1.82) is 0 Å². The summed E-state index contributed by atoms with van der Waals surface area (Å²) in [6.45, 7) is 2.56. The van der Waals surface area contributed by atoms with Gasteiger partial charge in [-0.1, -0.05) is 36.8 Å². The lowest BCUT2D eigenvalue weighted by Crippen LogP contribution is -2.41. The summed E-state index contributed by atoms with van der Waals surface area (Å²) in [6.07, 6.45) is 4.83. The maximum absolute atomic E-state index is 13.2. The summed E-state index contributed by atoms with van der Waals surface area (Å²) in [6, 6.07) is 14.2. The number of pyridine rings is 1. The van der Waals surface area contributed by atoms with Crippen LogP contribution in [0.2, 0.25) is 0 Å². The highest BCUT2D eigenvalue weighted by Crippen LogP contribution is 2.47. The number of benzene rings is 1. The average molecular weight is 405 g/mol. The van der Waals surface area contributed by atoms with Crippen LogP contribution in [-0.2, 0) is 9.53 Å². The first-order valence-corrected chi connectivity index (χ1v) is 10.8. The smallest absolute Gasteiger partial charge is 0.339 e. The van der Waals surface area contributed by atoms with Gasteiger partial charge in [-0.05, 0) is 30.5 Å². The minimum atomic E-state index is -0.373. The zero-order valence-corrected chi connectivity index (χ0v) is 17.2. The van der Waals surface area contributed by atoms with E-state index in [1.54, 1.807) is 12.3 Å². The van der Waals surface area contributed by atoms with E-state index in [-0.39, 0.29) is 17.9 Å². The number of hydrogen-bond acceptors (Lipinski definition) is 5. The number of aromatic nitrogens is 1. The van der Waals surface area contributed by atoms with Gasteiger partial charge in [0.25, 0.3) is 0 Å². The van der Waals surface area contributed by atoms with Crippen molar-refractivity contribution in [2.24, 2.45) is 17.8 Å². The zero-order valence-electron chi connectivity index (χ0n) is 17.2. The topological polar surface area (TPSA) is 62.7 Å². The summed E-state index contributed by atoms with van der Waals surface area (Å²) >= 11 is 0. The molecule has 1 aliphatic carbocycles. The van der Waals surface area contributed by atoms with Crippen molar-refractivity contribution in [2.75, 3.05) is 31.6 Å². The summed E-state index contributed by atoms with van der Waals surface area (Å²) in [5.41, 5.74) is 1.69. The summed E-state index contributed by atoms with van der Waals surface area (Å²) in [4.78, 5) is 33.8. The van der Waals surface area contributed by atoms with Gasteiger partial charge in [-0.3, -0.25) is 4.79 Å². The number of esters is 1. The molecule has 30 heavy (non-hydrogen) atoms. The Morgan fingerprint density at radius 2 is 1.83 bits per heavy atom. The maximum atomic E-state index is 13.2. The molecule has 0 spiro atoms. The number of amides is 1. The van der Waals surface area contributed by atoms with Gasteiger partial charge < -0.3 is 14.5 Å². The molecule has 6 nitrogen and oxygen atoms in total. The Kier molecular flexibility index (Phi) is 4.93. The van der Waals surface area contributed by atoms with Crippen molar-refractivity contribution in [3.63, 3.8) is 0 Å². The monoisotopic (exact) mass is 405 g/mol. The van der Waals surface area contributed by atoms with Gasteiger partial charge in [0.05, 0.1) is 18.7 Å². The normalized spacial score (nSPS) is 25.7. The lowest BCUT2D eigenvalue weighted by Gasteiger charge is -2.35. The summed E-state index contributed by atoms with van der Waals surface area (Å²) in [5.74, 6) is 1.89. The van der Waals surface area contributed by atoms with Crippen LogP contribution in [-0.4, -0.2) is 48.5 Å².